The first kappa shape index (κ1) is 20.8. The second-order valence-corrected chi connectivity index (χ2v) is 7.57. The van der Waals surface area contributed by atoms with Crippen LogP contribution in [0.3, 0.4) is 0 Å². The number of rotatable bonds is 7. The van der Waals surface area contributed by atoms with Crippen molar-refractivity contribution in [2.75, 3.05) is 25.6 Å². The second kappa shape index (κ2) is 9.12. The van der Waals surface area contributed by atoms with Crippen LogP contribution in [0.25, 0.3) is 11.0 Å². The molecule has 0 atom stereocenters. The van der Waals surface area contributed by atoms with Crippen molar-refractivity contribution in [3.8, 4) is 11.5 Å². The molecule has 2 aromatic carbocycles. The molecule has 0 fully saturated rings. The predicted molar refractivity (Wildman–Crippen MR) is 116 cm³/mol. The van der Waals surface area contributed by atoms with E-state index in [4.69, 9.17) is 18.6 Å². The Hall–Kier alpha value is -3.48. The van der Waals surface area contributed by atoms with Gasteiger partial charge in [-0.1, -0.05) is 6.07 Å². The average Bonchev–Trinajstić information content (AvgIpc) is 3.14. The van der Waals surface area contributed by atoms with Gasteiger partial charge in [0.25, 0.3) is 5.91 Å². The molecule has 0 spiro atoms. The number of anilines is 1. The summed E-state index contributed by atoms with van der Waals surface area (Å²) in [7, 11) is 1.52. The van der Waals surface area contributed by atoms with E-state index in [0.717, 1.165) is 48.0 Å². The molecule has 3 aromatic rings. The molecule has 1 heterocycles. The Morgan fingerprint density at radius 3 is 2.74 bits per heavy atom. The van der Waals surface area contributed by atoms with Gasteiger partial charge in [-0.05, 0) is 62.1 Å². The first-order valence-corrected chi connectivity index (χ1v) is 10.3. The maximum atomic E-state index is 12.1. The Morgan fingerprint density at radius 2 is 1.90 bits per heavy atom. The van der Waals surface area contributed by atoms with Gasteiger partial charge in [-0.15, -0.1) is 0 Å². The monoisotopic (exact) mass is 423 g/mol. The van der Waals surface area contributed by atoms with Crippen LogP contribution >= 0.6 is 0 Å². The zero-order valence-corrected chi connectivity index (χ0v) is 17.7. The van der Waals surface area contributed by atoms with Crippen LogP contribution in [0.5, 0.6) is 11.5 Å². The number of benzene rings is 2. The van der Waals surface area contributed by atoms with Crippen molar-refractivity contribution in [1.29, 1.82) is 0 Å². The van der Waals surface area contributed by atoms with E-state index in [9.17, 15) is 9.59 Å². The van der Waals surface area contributed by atoms with Crippen LogP contribution < -0.4 is 14.8 Å². The number of amides is 1. The molecule has 162 valence electrons. The number of fused-ring (bicyclic) bond motifs is 3. The van der Waals surface area contributed by atoms with Gasteiger partial charge in [0.2, 0.25) is 0 Å². The number of carbonyl (C=O) groups is 2. The van der Waals surface area contributed by atoms with Crippen LogP contribution in [-0.4, -0.2) is 32.2 Å². The van der Waals surface area contributed by atoms with E-state index in [2.05, 4.69) is 5.32 Å². The van der Waals surface area contributed by atoms with E-state index in [1.54, 1.807) is 18.2 Å². The largest absolute Gasteiger partial charge is 0.495 e. The van der Waals surface area contributed by atoms with E-state index >= 15 is 0 Å². The van der Waals surface area contributed by atoms with Crippen LogP contribution in [0.15, 0.2) is 40.8 Å². The van der Waals surface area contributed by atoms with Crippen molar-refractivity contribution >= 4 is 28.5 Å². The lowest BCUT2D eigenvalue weighted by Gasteiger charge is -2.11. The topological polar surface area (TPSA) is 87.0 Å². The Bertz CT molecular complexity index is 1120. The van der Waals surface area contributed by atoms with Gasteiger partial charge >= 0.3 is 5.97 Å². The third-order valence-electron chi connectivity index (χ3n) is 5.28. The van der Waals surface area contributed by atoms with Gasteiger partial charge in [0.1, 0.15) is 22.8 Å². The number of hydrogen-bond donors (Lipinski definition) is 1. The highest BCUT2D eigenvalue weighted by atomic mass is 16.6. The number of hydrogen-bond acceptors (Lipinski definition) is 6. The number of furan rings is 1. The molecular formula is C24H25NO6. The van der Waals surface area contributed by atoms with Gasteiger partial charge in [0.15, 0.2) is 13.2 Å². The zero-order valence-electron chi connectivity index (χ0n) is 17.7. The molecule has 7 heteroatoms. The smallest absolute Gasteiger partial charge is 0.344 e. The van der Waals surface area contributed by atoms with E-state index in [0.29, 0.717) is 17.2 Å². The Labute approximate surface area is 180 Å². The lowest BCUT2D eigenvalue weighted by molar-refractivity contribution is -0.149. The van der Waals surface area contributed by atoms with Gasteiger partial charge in [-0.2, -0.15) is 0 Å². The number of aryl methyl sites for hydroxylation is 3. The number of methoxy groups -OCH3 is 1. The van der Waals surface area contributed by atoms with Crippen molar-refractivity contribution in [2.24, 2.45) is 0 Å². The molecule has 1 N–H and O–H groups in total. The van der Waals surface area contributed by atoms with Crippen molar-refractivity contribution in [3.63, 3.8) is 0 Å². The van der Waals surface area contributed by atoms with Gasteiger partial charge in [-0.25, -0.2) is 4.79 Å². The van der Waals surface area contributed by atoms with Gasteiger partial charge < -0.3 is 23.9 Å². The maximum Gasteiger partial charge on any atom is 0.344 e. The molecule has 1 aliphatic rings. The van der Waals surface area contributed by atoms with Crippen molar-refractivity contribution in [3.05, 3.63) is 53.3 Å². The fourth-order valence-corrected chi connectivity index (χ4v) is 3.77. The van der Waals surface area contributed by atoms with Crippen LogP contribution in [0.4, 0.5) is 5.69 Å². The highest BCUT2D eigenvalue weighted by Gasteiger charge is 2.18. The Morgan fingerprint density at radius 1 is 1.06 bits per heavy atom. The van der Waals surface area contributed by atoms with Crippen molar-refractivity contribution in [2.45, 2.75) is 32.6 Å². The van der Waals surface area contributed by atoms with Crippen LogP contribution in [0.2, 0.25) is 0 Å². The Balaban J connectivity index is 1.29. The molecular weight excluding hydrogens is 398 g/mol. The molecule has 0 unspecified atom stereocenters. The first-order valence-electron chi connectivity index (χ1n) is 10.3. The minimum absolute atomic E-state index is 0.285. The summed E-state index contributed by atoms with van der Waals surface area (Å²) < 4.78 is 21.7. The summed E-state index contributed by atoms with van der Waals surface area (Å²) >= 11 is 0. The lowest BCUT2D eigenvalue weighted by atomic mass is 9.96. The molecule has 0 radical (unpaired) electrons. The van der Waals surface area contributed by atoms with E-state index in [-0.39, 0.29) is 6.61 Å². The first-order chi connectivity index (χ1) is 15.0. The van der Waals surface area contributed by atoms with Gasteiger partial charge in [0.05, 0.1) is 12.8 Å². The average molecular weight is 423 g/mol. The van der Waals surface area contributed by atoms with E-state index in [1.165, 1.54) is 12.7 Å². The molecule has 0 saturated carbocycles. The number of esters is 1. The quantitative estimate of drug-likeness (QED) is 0.574. The molecule has 31 heavy (non-hydrogen) atoms. The molecule has 1 aromatic heterocycles. The molecule has 1 amide bonds. The molecule has 0 aliphatic heterocycles. The minimum Gasteiger partial charge on any atom is -0.495 e. The third kappa shape index (κ3) is 4.82. The second-order valence-electron chi connectivity index (χ2n) is 7.57. The summed E-state index contributed by atoms with van der Waals surface area (Å²) in [4.78, 5) is 24.2. The summed E-state index contributed by atoms with van der Waals surface area (Å²) in [5, 5.41) is 3.72. The molecule has 7 nitrogen and oxygen atoms in total. The number of carbonyl (C=O) groups excluding carboxylic acids is 2. The third-order valence-corrected chi connectivity index (χ3v) is 5.28. The minimum atomic E-state index is -0.624. The van der Waals surface area contributed by atoms with Gasteiger partial charge in [-0.3, -0.25) is 4.79 Å². The lowest BCUT2D eigenvalue weighted by Crippen LogP contribution is -2.23. The number of ether oxygens (including phenoxy) is 3. The van der Waals surface area contributed by atoms with E-state index < -0.39 is 18.5 Å². The van der Waals surface area contributed by atoms with Crippen molar-refractivity contribution < 1.29 is 28.2 Å². The van der Waals surface area contributed by atoms with Crippen LogP contribution in [0.1, 0.15) is 29.7 Å². The van der Waals surface area contributed by atoms with Crippen LogP contribution in [-0.2, 0) is 27.2 Å². The molecule has 0 saturated heterocycles. The highest BCUT2D eigenvalue weighted by Crippen LogP contribution is 2.34. The standard InChI is InChI=1S/C24H25NO6/c1-15-7-9-22(28-2)19(11-15)25-23(26)13-30-24(27)14-29-16-8-10-21-18(12-16)17-5-3-4-6-20(17)31-21/h7-12H,3-6,13-14H2,1-2H3,(H,25,26). The fourth-order valence-electron chi connectivity index (χ4n) is 3.77. The number of nitrogens with one attached hydrogen (secondary N) is 1. The summed E-state index contributed by atoms with van der Waals surface area (Å²) in [6.07, 6.45) is 4.25. The zero-order chi connectivity index (χ0) is 21.8. The van der Waals surface area contributed by atoms with E-state index in [1.807, 2.05) is 25.1 Å². The molecule has 4 rings (SSSR count). The summed E-state index contributed by atoms with van der Waals surface area (Å²) in [6, 6.07) is 10.9. The van der Waals surface area contributed by atoms with Crippen LogP contribution in [0, 0.1) is 6.92 Å². The predicted octanol–water partition coefficient (Wildman–Crippen LogP) is 4.19. The van der Waals surface area contributed by atoms with Gasteiger partial charge in [0, 0.05) is 17.4 Å². The normalized spacial score (nSPS) is 12.8. The fraction of sp³-hybridized carbons (Fsp3) is 0.333. The highest BCUT2D eigenvalue weighted by molar-refractivity contribution is 5.94. The summed E-state index contributed by atoms with van der Waals surface area (Å²) in [5.41, 5.74) is 3.57. The van der Waals surface area contributed by atoms with Crippen molar-refractivity contribution in [1.82, 2.24) is 0 Å². The Kier molecular flexibility index (Phi) is 6.11. The molecule has 1 aliphatic carbocycles. The SMILES string of the molecule is COc1ccc(C)cc1NC(=O)COC(=O)COc1ccc2oc3c(c2c1)CCCC3. The maximum absolute atomic E-state index is 12.1. The summed E-state index contributed by atoms with van der Waals surface area (Å²) in [6.45, 7) is 1.21. The summed E-state index contributed by atoms with van der Waals surface area (Å²) in [5.74, 6) is 1.07. The molecule has 0 bridgehead atoms.